The maximum absolute atomic E-state index is 12.6. The Kier molecular flexibility index (Phi) is 3.33. The van der Waals surface area contributed by atoms with Gasteiger partial charge in [0.05, 0.1) is 5.69 Å². The number of nitrogens with zero attached hydrogens (tertiary/aromatic N) is 2. The number of halogens is 3. The molecular weight excluding hydrogens is 231 g/mol. The Hall–Kier alpha value is -1.17. The zero-order valence-electron chi connectivity index (χ0n) is 9.51. The second-order valence-electron chi connectivity index (χ2n) is 4.23. The minimum absolute atomic E-state index is 0.0773. The summed E-state index contributed by atoms with van der Waals surface area (Å²) < 4.78 is 37.8. The summed E-state index contributed by atoms with van der Waals surface area (Å²) >= 11 is 0. The molecule has 1 aliphatic heterocycles. The van der Waals surface area contributed by atoms with E-state index in [9.17, 15) is 13.2 Å². The molecule has 6 heteroatoms. The first kappa shape index (κ1) is 12.3. The van der Waals surface area contributed by atoms with Crippen molar-refractivity contribution < 1.29 is 13.2 Å². The summed E-state index contributed by atoms with van der Waals surface area (Å²) in [5.74, 6) is 0.169. The molecule has 1 aromatic heterocycles. The molecule has 2 rings (SSSR count). The fourth-order valence-electron chi connectivity index (χ4n) is 2.02. The van der Waals surface area contributed by atoms with Gasteiger partial charge in [0.25, 0.3) is 0 Å². The molecule has 94 valence electrons. The first-order valence-electron chi connectivity index (χ1n) is 5.63. The van der Waals surface area contributed by atoms with Gasteiger partial charge in [0.15, 0.2) is 0 Å². The highest BCUT2D eigenvalue weighted by Gasteiger charge is 2.34. The molecule has 1 aromatic rings. The van der Waals surface area contributed by atoms with Crippen molar-refractivity contribution in [1.82, 2.24) is 15.3 Å². The largest absolute Gasteiger partial charge is 0.433 e. The van der Waals surface area contributed by atoms with E-state index in [0.717, 1.165) is 31.9 Å². The van der Waals surface area contributed by atoms with Crippen molar-refractivity contribution in [3.8, 4) is 0 Å². The number of rotatable bonds is 1. The van der Waals surface area contributed by atoms with Gasteiger partial charge in [0.2, 0.25) is 0 Å². The van der Waals surface area contributed by atoms with Crippen LogP contribution in [-0.4, -0.2) is 16.5 Å². The predicted octanol–water partition coefficient (Wildman–Crippen LogP) is 2.62. The van der Waals surface area contributed by atoms with E-state index in [1.807, 2.05) is 0 Å². The average molecular weight is 245 g/mol. The summed E-state index contributed by atoms with van der Waals surface area (Å²) in [6.45, 7) is 2.32. The van der Waals surface area contributed by atoms with Gasteiger partial charge in [-0.2, -0.15) is 13.2 Å². The van der Waals surface area contributed by atoms with Gasteiger partial charge >= 0.3 is 6.18 Å². The average Bonchev–Trinajstić information content (AvgIpc) is 2.28. The van der Waals surface area contributed by atoms with Gasteiger partial charge < -0.3 is 5.32 Å². The second kappa shape index (κ2) is 4.60. The zero-order chi connectivity index (χ0) is 12.5. The molecule has 1 saturated heterocycles. The van der Waals surface area contributed by atoms with Gasteiger partial charge in [-0.05, 0) is 32.4 Å². The normalized spacial score (nSPS) is 21.5. The van der Waals surface area contributed by atoms with Gasteiger partial charge in [0, 0.05) is 6.04 Å². The predicted molar refractivity (Wildman–Crippen MR) is 56.4 cm³/mol. The Balaban J connectivity index is 2.31. The van der Waals surface area contributed by atoms with Crippen molar-refractivity contribution in [3.63, 3.8) is 0 Å². The van der Waals surface area contributed by atoms with Crippen LogP contribution in [0.1, 0.15) is 42.5 Å². The number of aryl methyl sites for hydroxylation is 1. The van der Waals surface area contributed by atoms with Crippen LogP contribution < -0.4 is 5.32 Å². The van der Waals surface area contributed by atoms with Crippen molar-refractivity contribution in [2.24, 2.45) is 0 Å². The number of hydrogen-bond donors (Lipinski definition) is 1. The standard InChI is InChI=1S/C11H14F3N3/c1-7-16-9(8-4-2-3-5-15-8)6-10(17-7)11(12,13)14/h6,8,15H,2-5H2,1H3/t8-/m1/s1. The molecule has 0 bridgehead atoms. The molecule has 0 aromatic carbocycles. The molecule has 2 heterocycles. The molecule has 17 heavy (non-hydrogen) atoms. The Labute approximate surface area is 97.5 Å². The molecule has 1 atom stereocenters. The second-order valence-corrected chi connectivity index (χ2v) is 4.23. The van der Waals surface area contributed by atoms with E-state index < -0.39 is 11.9 Å². The SMILES string of the molecule is Cc1nc([C@H]2CCCCN2)cc(C(F)(F)F)n1. The molecule has 0 amide bonds. The third kappa shape index (κ3) is 2.94. The smallest absolute Gasteiger partial charge is 0.309 e. The zero-order valence-corrected chi connectivity index (χ0v) is 9.51. The maximum Gasteiger partial charge on any atom is 0.433 e. The molecule has 1 fully saturated rings. The lowest BCUT2D eigenvalue weighted by Crippen LogP contribution is -2.28. The van der Waals surface area contributed by atoms with E-state index in [1.165, 1.54) is 6.92 Å². The van der Waals surface area contributed by atoms with E-state index >= 15 is 0 Å². The summed E-state index contributed by atoms with van der Waals surface area (Å²) in [4.78, 5) is 7.53. The van der Waals surface area contributed by atoms with Gasteiger partial charge in [-0.25, -0.2) is 9.97 Å². The Bertz CT molecular complexity index is 397. The molecule has 1 N–H and O–H groups in total. The van der Waals surface area contributed by atoms with Crippen molar-refractivity contribution >= 4 is 0 Å². The first-order chi connectivity index (χ1) is 7.97. The highest BCUT2D eigenvalue weighted by molar-refractivity contribution is 5.17. The van der Waals surface area contributed by atoms with E-state index in [1.54, 1.807) is 0 Å². The van der Waals surface area contributed by atoms with Crippen molar-refractivity contribution in [3.05, 3.63) is 23.3 Å². The lowest BCUT2D eigenvalue weighted by Gasteiger charge is -2.23. The fourth-order valence-corrected chi connectivity index (χ4v) is 2.02. The highest BCUT2D eigenvalue weighted by Crippen LogP contribution is 2.30. The summed E-state index contributed by atoms with van der Waals surface area (Å²) in [7, 11) is 0. The van der Waals surface area contributed by atoms with Gasteiger partial charge in [-0.1, -0.05) is 6.42 Å². The van der Waals surface area contributed by atoms with Crippen LogP contribution in [0.2, 0.25) is 0 Å². The van der Waals surface area contributed by atoms with Crippen molar-refractivity contribution in [2.75, 3.05) is 6.54 Å². The van der Waals surface area contributed by atoms with Crippen molar-refractivity contribution in [2.45, 2.75) is 38.4 Å². The molecule has 0 aliphatic carbocycles. The molecule has 0 radical (unpaired) electrons. The summed E-state index contributed by atoms with van der Waals surface area (Å²) in [6.07, 6.45) is -1.50. The first-order valence-corrected chi connectivity index (χ1v) is 5.63. The number of piperidine rings is 1. The van der Waals surface area contributed by atoms with Gasteiger partial charge in [-0.3, -0.25) is 0 Å². The maximum atomic E-state index is 12.6. The quantitative estimate of drug-likeness (QED) is 0.826. The summed E-state index contributed by atoms with van der Waals surface area (Å²) in [5, 5.41) is 3.18. The number of nitrogens with one attached hydrogen (secondary N) is 1. The molecule has 1 aliphatic rings. The molecule has 0 unspecified atom stereocenters. The molecular formula is C11H14F3N3. The van der Waals surface area contributed by atoms with E-state index in [4.69, 9.17) is 0 Å². The van der Waals surface area contributed by atoms with Crippen LogP contribution in [0.5, 0.6) is 0 Å². The minimum Gasteiger partial charge on any atom is -0.309 e. The number of aromatic nitrogens is 2. The van der Waals surface area contributed by atoms with Gasteiger partial charge in [-0.15, -0.1) is 0 Å². The van der Waals surface area contributed by atoms with Crippen LogP contribution in [-0.2, 0) is 6.18 Å². The Morgan fingerprint density at radius 1 is 1.29 bits per heavy atom. The van der Waals surface area contributed by atoms with Crippen LogP contribution in [0.3, 0.4) is 0 Å². The molecule has 0 saturated carbocycles. The summed E-state index contributed by atoms with van der Waals surface area (Å²) in [5.41, 5.74) is -0.406. The topological polar surface area (TPSA) is 37.8 Å². The molecule has 0 spiro atoms. The van der Waals surface area contributed by atoms with Crippen LogP contribution in [0, 0.1) is 6.92 Å². The third-order valence-corrected chi connectivity index (χ3v) is 2.82. The van der Waals surface area contributed by atoms with Crippen LogP contribution in [0.15, 0.2) is 6.07 Å². The van der Waals surface area contributed by atoms with E-state index in [-0.39, 0.29) is 11.9 Å². The summed E-state index contributed by atoms with van der Waals surface area (Å²) in [6, 6.07) is 0.974. The number of alkyl halides is 3. The monoisotopic (exact) mass is 245 g/mol. The lowest BCUT2D eigenvalue weighted by atomic mass is 10.0. The van der Waals surface area contributed by atoms with Crippen LogP contribution in [0.25, 0.3) is 0 Å². The highest BCUT2D eigenvalue weighted by atomic mass is 19.4. The Morgan fingerprint density at radius 2 is 2.06 bits per heavy atom. The van der Waals surface area contributed by atoms with Gasteiger partial charge in [0.1, 0.15) is 11.5 Å². The third-order valence-electron chi connectivity index (χ3n) is 2.82. The van der Waals surface area contributed by atoms with Crippen molar-refractivity contribution in [1.29, 1.82) is 0 Å². The fraction of sp³-hybridized carbons (Fsp3) is 0.636. The van der Waals surface area contributed by atoms with E-state index in [2.05, 4.69) is 15.3 Å². The number of hydrogen-bond acceptors (Lipinski definition) is 3. The van der Waals surface area contributed by atoms with Crippen LogP contribution >= 0.6 is 0 Å². The van der Waals surface area contributed by atoms with E-state index in [0.29, 0.717) is 5.69 Å². The minimum atomic E-state index is -4.41. The lowest BCUT2D eigenvalue weighted by molar-refractivity contribution is -0.141. The Morgan fingerprint density at radius 3 is 2.65 bits per heavy atom. The van der Waals surface area contributed by atoms with Crippen LogP contribution in [0.4, 0.5) is 13.2 Å². The molecule has 3 nitrogen and oxygen atoms in total.